The van der Waals surface area contributed by atoms with Crippen molar-refractivity contribution < 1.29 is 17.9 Å². The lowest BCUT2D eigenvalue weighted by atomic mass is 10.2. The van der Waals surface area contributed by atoms with Gasteiger partial charge < -0.3 is 4.74 Å². The second kappa shape index (κ2) is 4.52. The predicted molar refractivity (Wildman–Crippen MR) is 56.4 cm³/mol. The number of aromatic nitrogens is 2. The molecule has 0 aliphatic rings. The Hall–Kier alpha value is -2.31. The maximum Gasteiger partial charge on any atom is 0.419 e. The zero-order valence-corrected chi connectivity index (χ0v) is 8.86. The zero-order valence-electron chi connectivity index (χ0n) is 8.86. The first-order valence-electron chi connectivity index (χ1n) is 4.85. The molecule has 2 rings (SSSR count). The number of alkyl halides is 3. The maximum atomic E-state index is 12.7. The Balaban J connectivity index is 2.38. The molecule has 0 spiro atoms. The molecule has 0 saturated heterocycles. The Bertz CT molecular complexity index is 607. The van der Waals surface area contributed by atoms with Crippen molar-refractivity contribution in [3.05, 3.63) is 52.4 Å². The highest BCUT2D eigenvalue weighted by Crippen LogP contribution is 2.37. The number of hydrogen-bond donors (Lipinski definition) is 1. The van der Waals surface area contributed by atoms with Crippen LogP contribution < -0.4 is 10.3 Å². The lowest BCUT2D eigenvalue weighted by Crippen LogP contribution is -2.09. The van der Waals surface area contributed by atoms with Crippen LogP contribution in [0.15, 0.2) is 41.3 Å². The van der Waals surface area contributed by atoms with Gasteiger partial charge in [-0.05, 0) is 12.1 Å². The molecule has 18 heavy (non-hydrogen) atoms. The molecule has 0 aliphatic heterocycles. The predicted octanol–water partition coefficient (Wildman–Crippen LogP) is 2.58. The van der Waals surface area contributed by atoms with Gasteiger partial charge in [0, 0.05) is 6.07 Å². The quantitative estimate of drug-likeness (QED) is 0.898. The van der Waals surface area contributed by atoms with Gasteiger partial charge in [0.2, 0.25) is 0 Å². The van der Waals surface area contributed by atoms with Gasteiger partial charge in [0.1, 0.15) is 5.75 Å². The van der Waals surface area contributed by atoms with Crippen LogP contribution in [-0.4, -0.2) is 10.2 Å². The fourth-order valence-corrected chi connectivity index (χ4v) is 1.33. The van der Waals surface area contributed by atoms with E-state index in [9.17, 15) is 18.0 Å². The van der Waals surface area contributed by atoms with Gasteiger partial charge in [-0.1, -0.05) is 12.1 Å². The van der Waals surface area contributed by atoms with E-state index in [-0.39, 0.29) is 11.5 Å². The number of H-pyrrole nitrogens is 1. The van der Waals surface area contributed by atoms with Crippen LogP contribution in [0.4, 0.5) is 13.2 Å². The molecule has 2 aromatic rings. The van der Waals surface area contributed by atoms with Crippen molar-refractivity contribution in [3.63, 3.8) is 0 Å². The molecule has 0 radical (unpaired) electrons. The van der Waals surface area contributed by atoms with Gasteiger partial charge in [-0.2, -0.15) is 18.3 Å². The Morgan fingerprint density at radius 3 is 2.61 bits per heavy atom. The van der Waals surface area contributed by atoms with E-state index in [4.69, 9.17) is 4.74 Å². The minimum Gasteiger partial charge on any atom is -0.455 e. The lowest BCUT2D eigenvalue weighted by molar-refractivity contribution is -0.138. The average molecular weight is 256 g/mol. The van der Waals surface area contributed by atoms with E-state index in [0.717, 1.165) is 18.3 Å². The zero-order chi connectivity index (χ0) is 13.2. The number of ether oxygens (including phenoxy) is 1. The van der Waals surface area contributed by atoms with Crippen LogP contribution in [0, 0.1) is 0 Å². The third-order valence-electron chi connectivity index (χ3n) is 2.06. The summed E-state index contributed by atoms with van der Waals surface area (Å²) in [7, 11) is 0. The Morgan fingerprint density at radius 1 is 1.22 bits per heavy atom. The van der Waals surface area contributed by atoms with Crippen molar-refractivity contribution >= 4 is 0 Å². The Kier molecular flexibility index (Phi) is 3.05. The number of aromatic amines is 1. The second-order valence-corrected chi connectivity index (χ2v) is 3.38. The molecule has 1 N–H and O–H groups in total. The molecular weight excluding hydrogens is 249 g/mol. The van der Waals surface area contributed by atoms with Crippen LogP contribution in [0.1, 0.15) is 5.56 Å². The van der Waals surface area contributed by atoms with Gasteiger partial charge in [-0.25, -0.2) is 5.10 Å². The van der Waals surface area contributed by atoms with Gasteiger partial charge in [0.25, 0.3) is 5.56 Å². The fraction of sp³-hybridized carbons (Fsp3) is 0.0909. The Labute approximate surface area is 99.0 Å². The van der Waals surface area contributed by atoms with E-state index >= 15 is 0 Å². The highest BCUT2D eigenvalue weighted by molar-refractivity contribution is 5.38. The third-order valence-corrected chi connectivity index (χ3v) is 2.06. The first-order chi connectivity index (χ1) is 8.47. The summed E-state index contributed by atoms with van der Waals surface area (Å²) in [6, 6.07) is 5.75. The minimum atomic E-state index is -4.52. The summed E-state index contributed by atoms with van der Waals surface area (Å²) >= 11 is 0. The standard InChI is InChI=1S/C11H7F3N2O2/c12-11(13,14)8-3-1-2-4-9(8)18-7-5-10(17)16-15-6-7/h1-6H,(H,16,17). The number of rotatable bonds is 2. The number of nitrogens with one attached hydrogen (secondary N) is 1. The molecule has 0 amide bonds. The molecule has 0 fully saturated rings. The van der Waals surface area contributed by atoms with Crippen LogP contribution in [0.2, 0.25) is 0 Å². The van der Waals surface area contributed by atoms with Gasteiger partial charge in [0.05, 0.1) is 11.8 Å². The number of hydrogen-bond acceptors (Lipinski definition) is 3. The van der Waals surface area contributed by atoms with Gasteiger partial charge in [-0.15, -0.1) is 0 Å². The normalized spacial score (nSPS) is 11.3. The summed E-state index contributed by atoms with van der Waals surface area (Å²) in [6.45, 7) is 0. The highest BCUT2D eigenvalue weighted by Gasteiger charge is 2.34. The van der Waals surface area contributed by atoms with Crippen molar-refractivity contribution in [1.29, 1.82) is 0 Å². The van der Waals surface area contributed by atoms with Crippen molar-refractivity contribution in [2.45, 2.75) is 6.18 Å². The van der Waals surface area contributed by atoms with Gasteiger partial charge >= 0.3 is 6.18 Å². The molecule has 0 aliphatic carbocycles. The van der Waals surface area contributed by atoms with Gasteiger partial charge in [0.15, 0.2) is 5.75 Å². The fourth-order valence-electron chi connectivity index (χ4n) is 1.33. The summed E-state index contributed by atoms with van der Waals surface area (Å²) < 4.78 is 43.0. The monoisotopic (exact) mass is 256 g/mol. The van der Waals surface area contributed by atoms with Crippen molar-refractivity contribution in [1.82, 2.24) is 10.2 Å². The molecule has 0 atom stereocenters. The maximum absolute atomic E-state index is 12.7. The average Bonchev–Trinajstić information content (AvgIpc) is 2.28. The molecule has 4 nitrogen and oxygen atoms in total. The molecule has 0 saturated carbocycles. The summed E-state index contributed by atoms with van der Waals surface area (Å²) in [6.07, 6.45) is -3.40. The highest BCUT2D eigenvalue weighted by atomic mass is 19.4. The van der Waals surface area contributed by atoms with E-state index in [1.165, 1.54) is 18.2 Å². The molecule has 1 aromatic carbocycles. The minimum absolute atomic E-state index is 0.0598. The van der Waals surface area contributed by atoms with Crippen LogP contribution in [0.3, 0.4) is 0 Å². The molecule has 1 aromatic heterocycles. The van der Waals surface area contributed by atoms with Crippen molar-refractivity contribution in [3.8, 4) is 11.5 Å². The number of nitrogens with zero attached hydrogens (tertiary/aromatic N) is 1. The summed E-state index contributed by atoms with van der Waals surface area (Å²) in [5, 5.41) is 5.52. The largest absolute Gasteiger partial charge is 0.455 e. The van der Waals surface area contributed by atoms with E-state index < -0.39 is 17.3 Å². The van der Waals surface area contributed by atoms with E-state index in [0.29, 0.717) is 0 Å². The van der Waals surface area contributed by atoms with Crippen LogP contribution in [-0.2, 0) is 6.18 Å². The SMILES string of the molecule is O=c1cc(Oc2ccccc2C(F)(F)F)cn[nH]1. The number of benzene rings is 1. The summed E-state index contributed by atoms with van der Waals surface area (Å²) in [4.78, 5) is 10.9. The molecule has 1 heterocycles. The van der Waals surface area contributed by atoms with E-state index in [1.807, 2.05) is 0 Å². The van der Waals surface area contributed by atoms with Crippen LogP contribution in [0.25, 0.3) is 0 Å². The van der Waals surface area contributed by atoms with E-state index in [1.54, 1.807) is 0 Å². The number of para-hydroxylation sites is 1. The molecule has 7 heteroatoms. The summed E-state index contributed by atoms with van der Waals surface area (Å²) in [5.74, 6) is -0.437. The lowest BCUT2D eigenvalue weighted by Gasteiger charge is -2.12. The molecule has 0 bridgehead atoms. The van der Waals surface area contributed by atoms with Crippen LogP contribution >= 0.6 is 0 Å². The van der Waals surface area contributed by atoms with Crippen molar-refractivity contribution in [2.75, 3.05) is 0 Å². The van der Waals surface area contributed by atoms with Crippen molar-refractivity contribution in [2.24, 2.45) is 0 Å². The van der Waals surface area contributed by atoms with Crippen LogP contribution in [0.5, 0.6) is 11.5 Å². The first-order valence-corrected chi connectivity index (χ1v) is 4.85. The topological polar surface area (TPSA) is 55.0 Å². The van der Waals surface area contributed by atoms with Gasteiger partial charge in [-0.3, -0.25) is 4.79 Å². The Morgan fingerprint density at radius 2 is 1.94 bits per heavy atom. The first kappa shape index (κ1) is 12.2. The molecular formula is C11H7F3N2O2. The summed E-state index contributed by atoms with van der Waals surface area (Å²) in [5.41, 5.74) is -1.47. The smallest absolute Gasteiger partial charge is 0.419 e. The third kappa shape index (κ3) is 2.68. The van der Waals surface area contributed by atoms with E-state index in [2.05, 4.69) is 10.2 Å². The molecule has 94 valence electrons. The second-order valence-electron chi connectivity index (χ2n) is 3.38. The molecule has 0 unspecified atom stereocenters. The number of halogens is 3.